The van der Waals surface area contributed by atoms with Gasteiger partial charge in [0.1, 0.15) is 5.15 Å². The number of guanidine groups is 1. The van der Waals surface area contributed by atoms with Crippen molar-refractivity contribution >= 4 is 41.5 Å². The van der Waals surface area contributed by atoms with Crippen molar-refractivity contribution < 1.29 is 0 Å². The maximum atomic E-state index is 5.81. The van der Waals surface area contributed by atoms with Crippen molar-refractivity contribution in [2.45, 2.75) is 33.4 Å². The van der Waals surface area contributed by atoms with Gasteiger partial charge in [-0.05, 0) is 42.3 Å². The van der Waals surface area contributed by atoms with Crippen molar-refractivity contribution in [3.63, 3.8) is 0 Å². The van der Waals surface area contributed by atoms with Crippen LogP contribution in [0.5, 0.6) is 0 Å². The SMILES string of the molecule is CCN(CC)Cc1ccc(CNC(=NC)NCCc2ccc(Cl)nc2)cc1.I. The Morgan fingerprint density at radius 2 is 1.64 bits per heavy atom. The van der Waals surface area contributed by atoms with Gasteiger partial charge in [0.15, 0.2) is 5.96 Å². The van der Waals surface area contributed by atoms with Crippen molar-refractivity contribution in [2.24, 2.45) is 4.99 Å². The van der Waals surface area contributed by atoms with Gasteiger partial charge in [-0.2, -0.15) is 0 Å². The van der Waals surface area contributed by atoms with E-state index in [9.17, 15) is 0 Å². The number of aliphatic imine (C=N–C) groups is 1. The summed E-state index contributed by atoms with van der Waals surface area (Å²) in [5.74, 6) is 0.796. The lowest BCUT2D eigenvalue weighted by Crippen LogP contribution is -2.37. The Labute approximate surface area is 191 Å². The highest BCUT2D eigenvalue weighted by atomic mass is 127. The van der Waals surface area contributed by atoms with Gasteiger partial charge in [-0.3, -0.25) is 9.89 Å². The number of nitrogens with zero attached hydrogens (tertiary/aromatic N) is 3. The van der Waals surface area contributed by atoms with Crippen LogP contribution in [0.1, 0.15) is 30.5 Å². The fourth-order valence-electron chi connectivity index (χ4n) is 2.75. The first-order chi connectivity index (χ1) is 13.1. The molecule has 0 saturated heterocycles. The van der Waals surface area contributed by atoms with Crippen molar-refractivity contribution in [1.29, 1.82) is 0 Å². The van der Waals surface area contributed by atoms with Crippen molar-refractivity contribution in [1.82, 2.24) is 20.5 Å². The number of aromatic nitrogens is 1. The summed E-state index contributed by atoms with van der Waals surface area (Å²) in [6, 6.07) is 12.6. The van der Waals surface area contributed by atoms with E-state index in [2.05, 4.69) is 63.6 Å². The molecule has 0 amide bonds. The predicted molar refractivity (Wildman–Crippen MR) is 130 cm³/mol. The zero-order chi connectivity index (χ0) is 19.5. The molecule has 0 aliphatic carbocycles. The molecule has 0 saturated carbocycles. The third-order valence-corrected chi connectivity index (χ3v) is 4.73. The third-order valence-electron chi connectivity index (χ3n) is 4.50. The Bertz CT molecular complexity index is 700. The standard InChI is InChI=1S/C21H30ClN5.HI/c1-4-27(5-2)16-19-8-6-17(7-9-19)15-26-21(23-3)24-13-12-18-10-11-20(22)25-14-18;/h6-11,14H,4-5,12-13,15-16H2,1-3H3,(H2,23,24,26);1H. The predicted octanol–water partition coefficient (Wildman–Crippen LogP) is 4.10. The van der Waals surface area contributed by atoms with E-state index in [1.165, 1.54) is 11.1 Å². The molecule has 7 heteroatoms. The van der Waals surface area contributed by atoms with E-state index >= 15 is 0 Å². The zero-order valence-corrected chi connectivity index (χ0v) is 20.0. The van der Waals surface area contributed by atoms with E-state index < -0.39 is 0 Å². The fourth-order valence-corrected chi connectivity index (χ4v) is 2.87. The molecule has 0 aliphatic heterocycles. The average Bonchev–Trinajstić information content (AvgIpc) is 2.71. The minimum Gasteiger partial charge on any atom is -0.356 e. The second-order valence-corrected chi connectivity index (χ2v) is 6.76. The van der Waals surface area contributed by atoms with Crippen molar-refractivity contribution in [3.8, 4) is 0 Å². The number of halogens is 2. The average molecular weight is 516 g/mol. The van der Waals surface area contributed by atoms with Gasteiger partial charge in [0, 0.05) is 32.9 Å². The second-order valence-electron chi connectivity index (χ2n) is 6.37. The molecule has 0 spiro atoms. The molecule has 0 bridgehead atoms. The number of rotatable bonds is 9. The molecule has 154 valence electrons. The van der Waals surface area contributed by atoms with E-state index in [0.29, 0.717) is 5.15 Å². The Kier molecular flexibility index (Phi) is 12.1. The van der Waals surface area contributed by atoms with E-state index in [-0.39, 0.29) is 24.0 Å². The van der Waals surface area contributed by atoms with Crippen LogP contribution in [0.25, 0.3) is 0 Å². The summed E-state index contributed by atoms with van der Waals surface area (Å²) in [6.45, 7) is 9.08. The molecule has 5 nitrogen and oxygen atoms in total. The lowest BCUT2D eigenvalue weighted by Gasteiger charge is -2.18. The minimum atomic E-state index is 0. The van der Waals surface area contributed by atoms with Gasteiger partial charge in [0.2, 0.25) is 0 Å². The van der Waals surface area contributed by atoms with Gasteiger partial charge in [-0.25, -0.2) is 4.98 Å². The fraction of sp³-hybridized carbons (Fsp3) is 0.429. The topological polar surface area (TPSA) is 52.5 Å². The molecular weight excluding hydrogens is 485 g/mol. The van der Waals surface area contributed by atoms with Crippen LogP contribution in [0.3, 0.4) is 0 Å². The largest absolute Gasteiger partial charge is 0.356 e. The van der Waals surface area contributed by atoms with Crippen LogP contribution in [0, 0.1) is 0 Å². The molecule has 0 atom stereocenters. The van der Waals surface area contributed by atoms with Crippen LogP contribution in [0.15, 0.2) is 47.6 Å². The smallest absolute Gasteiger partial charge is 0.191 e. The highest BCUT2D eigenvalue weighted by Gasteiger charge is 2.02. The van der Waals surface area contributed by atoms with Gasteiger partial charge in [0.05, 0.1) is 0 Å². The van der Waals surface area contributed by atoms with Gasteiger partial charge in [0.25, 0.3) is 0 Å². The highest BCUT2D eigenvalue weighted by molar-refractivity contribution is 14.0. The minimum absolute atomic E-state index is 0. The first-order valence-corrected chi connectivity index (χ1v) is 9.87. The molecule has 2 N–H and O–H groups in total. The molecule has 28 heavy (non-hydrogen) atoms. The lowest BCUT2D eigenvalue weighted by atomic mass is 10.1. The second kappa shape index (κ2) is 13.7. The Balaban J connectivity index is 0.00000392. The number of pyridine rings is 1. The number of nitrogens with one attached hydrogen (secondary N) is 2. The maximum Gasteiger partial charge on any atom is 0.191 e. The van der Waals surface area contributed by atoms with E-state index in [1.54, 1.807) is 13.2 Å². The monoisotopic (exact) mass is 515 g/mol. The summed E-state index contributed by atoms with van der Waals surface area (Å²) in [7, 11) is 1.78. The summed E-state index contributed by atoms with van der Waals surface area (Å²) < 4.78 is 0. The van der Waals surface area contributed by atoms with E-state index in [1.807, 2.05) is 12.1 Å². The first-order valence-electron chi connectivity index (χ1n) is 9.49. The van der Waals surface area contributed by atoms with Gasteiger partial charge >= 0.3 is 0 Å². The van der Waals surface area contributed by atoms with Crippen LogP contribution in [-0.2, 0) is 19.5 Å². The Morgan fingerprint density at radius 1 is 1.00 bits per heavy atom. The van der Waals surface area contributed by atoms with Crippen LogP contribution in [-0.4, -0.2) is 42.5 Å². The molecule has 2 aromatic rings. The third kappa shape index (κ3) is 8.75. The molecule has 0 fully saturated rings. The highest BCUT2D eigenvalue weighted by Crippen LogP contribution is 2.08. The van der Waals surface area contributed by atoms with E-state index in [0.717, 1.165) is 50.7 Å². The summed E-state index contributed by atoms with van der Waals surface area (Å²) >= 11 is 5.81. The quantitative estimate of drug-likeness (QED) is 0.228. The van der Waals surface area contributed by atoms with Crippen LogP contribution in [0.4, 0.5) is 0 Å². The molecule has 0 unspecified atom stereocenters. The van der Waals surface area contributed by atoms with Gasteiger partial charge < -0.3 is 10.6 Å². The molecule has 0 aliphatic rings. The molecule has 0 radical (unpaired) electrons. The van der Waals surface area contributed by atoms with Gasteiger partial charge in [-0.15, -0.1) is 24.0 Å². The van der Waals surface area contributed by atoms with E-state index in [4.69, 9.17) is 11.6 Å². The molecule has 1 aromatic carbocycles. The first kappa shape index (κ1) is 24.7. The zero-order valence-electron chi connectivity index (χ0n) is 16.9. The lowest BCUT2D eigenvalue weighted by molar-refractivity contribution is 0.296. The number of hydrogen-bond acceptors (Lipinski definition) is 3. The van der Waals surface area contributed by atoms with Gasteiger partial charge in [-0.1, -0.05) is 55.8 Å². The molecule has 1 heterocycles. The van der Waals surface area contributed by atoms with Crippen LogP contribution in [0.2, 0.25) is 5.15 Å². The summed E-state index contributed by atoms with van der Waals surface area (Å²) in [5.41, 5.74) is 3.73. The summed E-state index contributed by atoms with van der Waals surface area (Å²) in [4.78, 5) is 10.8. The molecule has 2 rings (SSSR count). The maximum absolute atomic E-state index is 5.81. The molecule has 1 aromatic heterocycles. The summed E-state index contributed by atoms with van der Waals surface area (Å²) in [5, 5.41) is 7.20. The van der Waals surface area contributed by atoms with Crippen LogP contribution < -0.4 is 10.6 Å². The molecular formula is C21H31ClIN5. The normalized spacial score (nSPS) is 11.2. The summed E-state index contributed by atoms with van der Waals surface area (Å²) in [6.07, 6.45) is 2.67. The Hall–Kier alpha value is -1.38. The number of hydrogen-bond donors (Lipinski definition) is 2. The van der Waals surface area contributed by atoms with Crippen LogP contribution >= 0.6 is 35.6 Å². The Morgan fingerprint density at radius 3 is 2.21 bits per heavy atom. The van der Waals surface area contributed by atoms with Crippen molar-refractivity contribution in [2.75, 3.05) is 26.7 Å². The number of benzene rings is 1. The van der Waals surface area contributed by atoms with Crippen molar-refractivity contribution in [3.05, 3.63) is 64.4 Å².